The van der Waals surface area contributed by atoms with Gasteiger partial charge in [-0.05, 0) is 24.3 Å². The van der Waals surface area contributed by atoms with Crippen molar-refractivity contribution < 1.29 is 14.1 Å². The molecular formula is C12H9BrN2O3S. The standard InChI is InChI=1S/C12H9BrN2O3S/c13-8-2-3-9(12(16)17)10(6-8)19(18)7-11-14-4-1-5-15-11/h1-6H,7H2,(H,16,17). The predicted molar refractivity (Wildman–Crippen MR) is 73.2 cm³/mol. The molecule has 19 heavy (non-hydrogen) atoms. The zero-order valence-electron chi connectivity index (χ0n) is 9.62. The van der Waals surface area contributed by atoms with Crippen molar-refractivity contribution in [1.29, 1.82) is 0 Å². The molecule has 7 heteroatoms. The SMILES string of the molecule is O=C(O)c1ccc(Br)cc1S(=O)Cc1ncccn1. The van der Waals surface area contributed by atoms with Crippen molar-refractivity contribution in [2.24, 2.45) is 0 Å². The second-order valence-electron chi connectivity index (χ2n) is 3.60. The van der Waals surface area contributed by atoms with Gasteiger partial charge in [0.05, 0.1) is 27.0 Å². The molecule has 2 aromatic rings. The molecule has 0 fully saturated rings. The third kappa shape index (κ3) is 3.45. The molecular weight excluding hydrogens is 332 g/mol. The number of halogens is 1. The topological polar surface area (TPSA) is 80.1 Å². The summed E-state index contributed by atoms with van der Waals surface area (Å²) in [5, 5.41) is 9.09. The van der Waals surface area contributed by atoms with Crippen molar-refractivity contribution in [3.8, 4) is 0 Å². The molecule has 98 valence electrons. The highest BCUT2D eigenvalue weighted by Gasteiger charge is 2.16. The van der Waals surface area contributed by atoms with Gasteiger partial charge in [0.15, 0.2) is 0 Å². The molecule has 0 saturated heterocycles. The fourth-order valence-electron chi connectivity index (χ4n) is 1.46. The van der Waals surface area contributed by atoms with Gasteiger partial charge in [-0.1, -0.05) is 15.9 Å². The first kappa shape index (κ1) is 13.8. The molecule has 1 aromatic carbocycles. The van der Waals surface area contributed by atoms with Crippen LogP contribution in [0, 0.1) is 0 Å². The molecule has 0 bridgehead atoms. The monoisotopic (exact) mass is 340 g/mol. The van der Waals surface area contributed by atoms with Crippen LogP contribution in [-0.2, 0) is 16.6 Å². The maximum Gasteiger partial charge on any atom is 0.336 e. The summed E-state index contributed by atoms with van der Waals surface area (Å²) in [4.78, 5) is 19.3. The highest BCUT2D eigenvalue weighted by molar-refractivity contribution is 9.10. The third-order valence-corrected chi connectivity index (χ3v) is 4.14. The number of aromatic nitrogens is 2. The summed E-state index contributed by atoms with van der Waals surface area (Å²) < 4.78 is 12.9. The lowest BCUT2D eigenvalue weighted by molar-refractivity contribution is 0.0693. The minimum absolute atomic E-state index is 0.0254. The zero-order valence-corrected chi connectivity index (χ0v) is 12.0. The minimum Gasteiger partial charge on any atom is -0.478 e. The number of nitrogens with zero attached hydrogens (tertiary/aromatic N) is 2. The van der Waals surface area contributed by atoms with Crippen LogP contribution in [0.1, 0.15) is 16.2 Å². The smallest absolute Gasteiger partial charge is 0.336 e. The molecule has 1 aromatic heterocycles. The number of carboxylic acids is 1. The van der Waals surface area contributed by atoms with Gasteiger partial charge in [0.2, 0.25) is 0 Å². The van der Waals surface area contributed by atoms with Gasteiger partial charge >= 0.3 is 5.97 Å². The number of rotatable bonds is 4. The van der Waals surface area contributed by atoms with E-state index in [0.29, 0.717) is 10.3 Å². The Morgan fingerprint density at radius 3 is 2.63 bits per heavy atom. The first-order valence-corrected chi connectivity index (χ1v) is 7.36. The molecule has 0 radical (unpaired) electrons. The number of hydrogen-bond donors (Lipinski definition) is 1. The Morgan fingerprint density at radius 2 is 2.00 bits per heavy atom. The number of carbonyl (C=O) groups is 1. The lowest BCUT2D eigenvalue weighted by Gasteiger charge is -2.06. The quantitative estimate of drug-likeness (QED) is 0.923. The summed E-state index contributed by atoms with van der Waals surface area (Å²) in [6.07, 6.45) is 3.11. The van der Waals surface area contributed by atoms with E-state index in [9.17, 15) is 9.00 Å². The van der Waals surface area contributed by atoms with Crippen molar-refractivity contribution >= 4 is 32.7 Å². The molecule has 0 saturated carbocycles. The van der Waals surface area contributed by atoms with Gasteiger partial charge < -0.3 is 5.11 Å². The lowest BCUT2D eigenvalue weighted by atomic mass is 10.2. The summed E-state index contributed by atoms with van der Waals surface area (Å²) in [5.41, 5.74) is 0.0254. The van der Waals surface area contributed by atoms with E-state index in [-0.39, 0.29) is 16.2 Å². The van der Waals surface area contributed by atoms with Gasteiger partial charge in [-0.3, -0.25) is 4.21 Å². The van der Waals surface area contributed by atoms with E-state index < -0.39 is 16.8 Å². The van der Waals surface area contributed by atoms with Crippen LogP contribution in [0.3, 0.4) is 0 Å². The van der Waals surface area contributed by atoms with Crippen LogP contribution in [0.15, 0.2) is 46.0 Å². The Hall–Kier alpha value is -1.60. The van der Waals surface area contributed by atoms with Crippen LogP contribution in [0.2, 0.25) is 0 Å². The van der Waals surface area contributed by atoms with Gasteiger partial charge in [-0.15, -0.1) is 0 Å². The molecule has 1 heterocycles. The highest BCUT2D eigenvalue weighted by atomic mass is 79.9. The van der Waals surface area contributed by atoms with E-state index in [4.69, 9.17) is 5.11 Å². The molecule has 5 nitrogen and oxygen atoms in total. The molecule has 1 N–H and O–H groups in total. The van der Waals surface area contributed by atoms with E-state index in [0.717, 1.165) is 0 Å². The Bertz CT molecular complexity index is 634. The molecule has 0 aliphatic rings. The number of aromatic carboxylic acids is 1. The maximum absolute atomic E-state index is 12.2. The van der Waals surface area contributed by atoms with Crippen LogP contribution in [0.5, 0.6) is 0 Å². The summed E-state index contributed by atoms with van der Waals surface area (Å²) in [6, 6.07) is 6.23. The molecule has 1 atom stereocenters. The first-order valence-electron chi connectivity index (χ1n) is 5.25. The average molecular weight is 341 g/mol. The van der Waals surface area contributed by atoms with Crippen molar-refractivity contribution in [1.82, 2.24) is 9.97 Å². The van der Waals surface area contributed by atoms with Gasteiger partial charge in [-0.2, -0.15) is 0 Å². The van der Waals surface area contributed by atoms with Crippen LogP contribution >= 0.6 is 15.9 Å². The Morgan fingerprint density at radius 1 is 1.32 bits per heavy atom. The van der Waals surface area contributed by atoms with E-state index >= 15 is 0 Å². The van der Waals surface area contributed by atoms with Crippen molar-refractivity contribution in [3.63, 3.8) is 0 Å². The normalized spacial score (nSPS) is 12.1. The van der Waals surface area contributed by atoms with Crippen molar-refractivity contribution in [2.75, 3.05) is 0 Å². The summed E-state index contributed by atoms with van der Waals surface area (Å²) in [5.74, 6) is -0.612. The van der Waals surface area contributed by atoms with Crippen LogP contribution in [0.25, 0.3) is 0 Å². The highest BCUT2D eigenvalue weighted by Crippen LogP contribution is 2.21. The van der Waals surface area contributed by atoms with E-state index in [2.05, 4.69) is 25.9 Å². The second kappa shape index (κ2) is 6.03. The summed E-state index contributed by atoms with van der Waals surface area (Å²) >= 11 is 3.24. The maximum atomic E-state index is 12.2. The largest absolute Gasteiger partial charge is 0.478 e. The number of carboxylic acid groups (broad SMARTS) is 1. The van der Waals surface area contributed by atoms with Crippen LogP contribution < -0.4 is 0 Å². The van der Waals surface area contributed by atoms with Crippen LogP contribution in [0.4, 0.5) is 0 Å². The second-order valence-corrected chi connectivity index (χ2v) is 5.94. The first-order chi connectivity index (χ1) is 9.08. The molecule has 0 aliphatic carbocycles. The fraction of sp³-hybridized carbons (Fsp3) is 0.0833. The van der Waals surface area contributed by atoms with Crippen LogP contribution in [-0.4, -0.2) is 25.3 Å². The third-order valence-electron chi connectivity index (χ3n) is 2.30. The van der Waals surface area contributed by atoms with E-state index in [1.54, 1.807) is 30.6 Å². The lowest BCUT2D eigenvalue weighted by Crippen LogP contribution is -2.07. The number of benzene rings is 1. The fourth-order valence-corrected chi connectivity index (χ4v) is 3.17. The Balaban J connectivity index is 2.33. The van der Waals surface area contributed by atoms with Gasteiger partial charge in [-0.25, -0.2) is 14.8 Å². The summed E-state index contributed by atoms with van der Waals surface area (Å²) in [6.45, 7) is 0. The Labute approximate surface area is 120 Å². The minimum atomic E-state index is -1.51. The van der Waals surface area contributed by atoms with Crippen molar-refractivity contribution in [3.05, 3.63) is 52.5 Å². The molecule has 2 rings (SSSR count). The Kier molecular flexibility index (Phi) is 4.39. The zero-order chi connectivity index (χ0) is 13.8. The average Bonchev–Trinajstić information content (AvgIpc) is 2.39. The predicted octanol–water partition coefficient (Wildman–Crippen LogP) is 2.25. The van der Waals surface area contributed by atoms with Gasteiger partial charge in [0.1, 0.15) is 5.82 Å². The number of hydrogen-bond acceptors (Lipinski definition) is 4. The van der Waals surface area contributed by atoms with Gasteiger partial charge in [0, 0.05) is 16.9 Å². The van der Waals surface area contributed by atoms with E-state index in [1.807, 2.05) is 0 Å². The van der Waals surface area contributed by atoms with Crippen molar-refractivity contribution in [2.45, 2.75) is 10.6 Å². The molecule has 1 unspecified atom stereocenters. The molecule has 0 aliphatic heterocycles. The molecule has 0 spiro atoms. The van der Waals surface area contributed by atoms with Gasteiger partial charge in [0.25, 0.3) is 0 Å². The summed E-state index contributed by atoms with van der Waals surface area (Å²) in [7, 11) is -1.51. The molecule has 0 amide bonds. The van der Waals surface area contributed by atoms with E-state index in [1.165, 1.54) is 6.07 Å².